The molecule has 102 valence electrons. The van der Waals surface area contributed by atoms with Crippen molar-refractivity contribution >= 4 is 0 Å². The van der Waals surface area contributed by atoms with Crippen molar-refractivity contribution in [2.45, 2.75) is 33.0 Å². The highest BCUT2D eigenvalue weighted by Crippen LogP contribution is 2.20. The molecule has 1 N–H and O–H groups in total. The van der Waals surface area contributed by atoms with Crippen molar-refractivity contribution in [1.29, 1.82) is 0 Å². The van der Waals surface area contributed by atoms with Gasteiger partial charge in [-0.3, -0.25) is 0 Å². The number of aromatic nitrogens is 2. The van der Waals surface area contributed by atoms with Gasteiger partial charge in [-0.1, -0.05) is 6.07 Å². The van der Waals surface area contributed by atoms with Crippen LogP contribution in [0.2, 0.25) is 0 Å². The van der Waals surface area contributed by atoms with Crippen molar-refractivity contribution in [2.24, 2.45) is 0 Å². The van der Waals surface area contributed by atoms with Gasteiger partial charge in [0.05, 0.1) is 12.0 Å². The van der Waals surface area contributed by atoms with Gasteiger partial charge in [0.1, 0.15) is 11.6 Å². The molecule has 2 aromatic rings. The van der Waals surface area contributed by atoms with Crippen LogP contribution in [-0.2, 0) is 13.1 Å². The zero-order chi connectivity index (χ0) is 13.8. The largest absolute Gasteiger partial charge is 0.334 e. The highest BCUT2D eigenvalue weighted by atomic mass is 19.1. The Hall–Kier alpha value is -1.75. The lowest BCUT2D eigenvalue weighted by atomic mass is 10.1. The minimum Gasteiger partial charge on any atom is -0.334 e. The van der Waals surface area contributed by atoms with Crippen LogP contribution in [0.1, 0.15) is 31.1 Å². The first-order chi connectivity index (χ1) is 9.13. The predicted octanol–water partition coefficient (Wildman–Crippen LogP) is 3.03. The molecule has 19 heavy (non-hydrogen) atoms. The monoisotopic (exact) mass is 265 g/mol. The third kappa shape index (κ3) is 2.98. The Morgan fingerprint density at radius 1 is 1.32 bits per heavy atom. The molecule has 0 aliphatic rings. The van der Waals surface area contributed by atoms with Crippen molar-refractivity contribution in [2.75, 3.05) is 0 Å². The van der Waals surface area contributed by atoms with Crippen LogP contribution in [0.25, 0.3) is 0 Å². The molecule has 1 heterocycles. The number of benzene rings is 1. The molecule has 0 fully saturated rings. The highest BCUT2D eigenvalue weighted by molar-refractivity contribution is 5.22. The summed E-state index contributed by atoms with van der Waals surface area (Å²) in [5.74, 6) is -1.05. The molecule has 1 atom stereocenters. The number of hydrogen-bond acceptors (Lipinski definition) is 2. The number of rotatable bonds is 5. The smallest absolute Gasteiger partial charge is 0.130 e. The molecule has 0 spiro atoms. The minimum atomic E-state index is -0.524. The molecule has 0 aliphatic carbocycles. The number of nitrogens with one attached hydrogen (secondary N) is 1. The standard InChI is InChI=1S/C14H17F2N3/c1-3-19-9-17-7-11(19)8-18-10(2)14-12(15)5-4-6-13(14)16/h4-7,9-10,18H,3,8H2,1-2H3. The van der Waals surface area contributed by atoms with Crippen molar-refractivity contribution < 1.29 is 8.78 Å². The number of aryl methyl sites for hydroxylation is 1. The van der Waals surface area contributed by atoms with Gasteiger partial charge in [-0.15, -0.1) is 0 Å². The second-order valence-corrected chi connectivity index (χ2v) is 4.41. The van der Waals surface area contributed by atoms with Crippen molar-refractivity contribution in [3.05, 3.63) is 53.6 Å². The Labute approximate surface area is 111 Å². The van der Waals surface area contributed by atoms with E-state index in [0.717, 1.165) is 12.2 Å². The molecule has 0 radical (unpaired) electrons. The second-order valence-electron chi connectivity index (χ2n) is 4.41. The summed E-state index contributed by atoms with van der Waals surface area (Å²) >= 11 is 0. The first-order valence-corrected chi connectivity index (χ1v) is 6.29. The average molecular weight is 265 g/mol. The number of nitrogens with zero attached hydrogens (tertiary/aromatic N) is 2. The lowest BCUT2D eigenvalue weighted by Gasteiger charge is -2.16. The summed E-state index contributed by atoms with van der Waals surface area (Å²) in [5, 5.41) is 3.12. The fourth-order valence-electron chi connectivity index (χ4n) is 2.06. The topological polar surface area (TPSA) is 29.9 Å². The van der Waals surface area contributed by atoms with Gasteiger partial charge < -0.3 is 9.88 Å². The molecule has 3 nitrogen and oxygen atoms in total. The third-order valence-electron chi connectivity index (χ3n) is 3.16. The van der Waals surface area contributed by atoms with Crippen molar-refractivity contribution in [1.82, 2.24) is 14.9 Å². The maximum atomic E-state index is 13.6. The molecule has 2 rings (SSSR count). The first-order valence-electron chi connectivity index (χ1n) is 6.29. The van der Waals surface area contributed by atoms with E-state index in [1.54, 1.807) is 19.4 Å². The Kier molecular flexibility index (Phi) is 4.27. The maximum Gasteiger partial charge on any atom is 0.130 e. The van der Waals surface area contributed by atoms with Crippen LogP contribution in [-0.4, -0.2) is 9.55 Å². The minimum absolute atomic E-state index is 0.0741. The van der Waals surface area contributed by atoms with E-state index >= 15 is 0 Å². The van der Waals surface area contributed by atoms with Gasteiger partial charge in [0.25, 0.3) is 0 Å². The molecule has 0 aliphatic heterocycles. The third-order valence-corrected chi connectivity index (χ3v) is 3.16. The molecule has 0 saturated carbocycles. The van der Waals surface area contributed by atoms with Gasteiger partial charge >= 0.3 is 0 Å². The van der Waals surface area contributed by atoms with Gasteiger partial charge in [0.2, 0.25) is 0 Å². The van der Waals surface area contributed by atoms with E-state index in [9.17, 15) is 8.78 Å². The van der Waals surface area contributed by atoms with Gasteiger partial charge in [0.15, 0.2) is 0 Å². The van der Waals surface area contributed by atoms with E-state index in [0.29, 0.717) is 6.54 Å². The van der Waals surface area contributed by atoms with Crippen LogP contribution < -0.4 is 5.32 Å². The van der Waals surface area contributed by atoms with Crippen molar-refractivity contribution in [3.63, 3.8) is 0 Å². The van der Waals surface area contributed by atoms with E-state index in [-0.39, 0.29) is 5.56 Å². The number of hydrogen-bond donors (Lipinski definition) is 1. The SMILES string of the molecule is CCn1cncc1CNC(C)c1c(F)cccc1F. The summed E-state index contributed by atoms with van der Waals surface area (Å²) in [7, 11) is 0. The number of imidazole rings is 1. The molecule has 0 bridgehead atoms. The molecule has 0 saturated heterocycles. The quantitative estimate of drug-likeness (QED) is 0.900. The number of halogens is 2. The Bertz CT molecular complexity index is 531. The lowest BCUT2D eigenvalue weighted by Crippen LogP contribution is -2.21. The Morgan fingerprint density at radius 2 is 2.00 bits per heavy atom. The maximum absolute atomic E-state index is 13.6. The Balaban J connectivity index is 2.08. The summed E-state index contributed by atoms with van der Waals surface area (Å²) in [4.78, 5) is 4.05. The normalized spacial score (nSPS) is 12.6. The van der Waals surface area contributed by atoms with Gasteiger partial charge in [0, 0.05) is 30.9 Å². The van der Waals surface area contributed by atoms with Gasteiger partial charge in [-0.05, 0) is 26.0 Å². The fourth-order valence-corrected chi connectivity index (χ4v) is 2.06. The molecule has 0 amide bonds. The second kappa shape index (κ2) is 5.93. The first kappa shape index (κ1) is 13.7. The van der Waals surface area contributed by atoms with E-state index < -0.39 is 17.7 Å². The summed E-state index contributed by atoms with van der Waals surface area (Å²) in [6.07, 6.45) is 3.49. The zero-order valence-corrected chi connectivity index (χ0v) is 11.0. The summed E-state index contributed by atoms with van der Waals surface area (Å²) < 4.78 is 29.2. The molecular formula is C14H17F2N3. The molecule has 1 aromatic carbocycles. The molecule has 5 heteroatoms. The summed E-state index contributed by atoms with van der Waals surface area (Å²) in [6.45, 7) is 5.10. The van der Waals surface area contributed by atoms with Crippen LogP contribution in [0, 0.1) is 11.6 Å². The fraction of sp³-hybridized carbons (Fsp3) is 0.357. The van der Waals surface area contributed by atoms with Crippen LogP contribution in [0.4, 0.5) is 8.78 Å². The average Bonchev–Trinajstić information content (AvgIpc) is 2.83. The molecule has 1 aromatic heterocycles. The van der Waals surface area contributed by atoms with Gasteiger partial charge in [-0.25, -0.2) is 13.8 Å². The van der Waals surface area contributed by atoms with Crippen LogP contribution in [0.3, 0.4) is 0 Å². The van der Waals surface area contributed by atoms with E-state index in [4.69, 9.17) is 0 Å². The summed E-state index contributed by atoms with van der Waals surface area (Å²) in [6, 6.07) is 3.51. The molecule has 1 unspecified atom stereocenters. The Morgan fingerprint density at radius 3 is 2.63 bits per heavy atom. The van der Waals surface area contributed by atoms with Crippen LogP contribution in [0.15, 0.2) is 30.7 Å². The van der Waals surface area contributed by atoms with Crippen molar-refractivity contribution in [3.8, 4) is 0 Å². The molecular weight excluding hydrogens is 248 g/mol. The lowest BCUT2D eigenvalue weighted by molar-refractivity contribution is 0.480. The van der Waals surface area contributed by atoms with Gasteiger partial charge in [-0.2, -0.15) is 0 Å². The van der Waals surface area contributed by atoms with Crippen LogP contribution in [0.5, 0.6) is 0 Å². The zero-order valence-electron chi connectivity index (χ0n) is 11.0. The van der Waals surface area contributed by atoms with E-state index in [1.807, 2.05) is 11.5 Å². The predicted molar refractivity (Wildman–Crippen MR) is 69.5 cm³/mol. The van der Waals surface area contributed by atoms with Crippen LogP contribution >= 0.6 is 0 Å². The summed E-state index contributed by atoms with van der Waals surface area (Å²) in [5.41, 5.74) is 1.07. The van der Waals surface area contributed by atoms with E-state index in [1.165, 1.54) is 18.2 Å². The van der Waals surface area contributed by atoms with E-state index in [2.05, 4.69) is 10.3 Å². The highest BCUT2D eigenvalue weighted by Gasteiger charge is 2.15.